The van der Waals surface area contributed by atoms with Gasteiger partial charge in [0.25, 0.3) is 0 Å². The molecule has 0 saturated carbocycles. The van der Waals surface area contributed by atoms with E-state index in [1.807, 2.05) is 0 Å². The Balaban J connectivity index is 2.29. The highest BCUT2D eigenvalue weighted by Gasteiger charge is 2.18. The van der Waals surface area contributed by atoms with Crippen molar-refractivity contribution in [3.05, 3.63) is 68.6 Å². The Morgan fingerprint density at radius 3 is 2.48 bits per heavy atom. The lowest BCUT2D eigenvalue weighted by Crippen LogP contribution is -2.12. The average Bonchev–Trinajstić information content (AvgIpc) is 2.53. The van der Waals surface area contributed by atoms with Crippen LogP contribution in [0.5, 0.6) is 0 Å². The maximum absolute atomic E-state index is 11.7. The summed E-state index contributed by atoms with van der Waals surface area (Å²) in [7, 11) is 0. The van der Waals surface area contributed by atoms with Crippen LogP contribution in [0.25, 0.3) is 20.9 Å². The van der Waals surface area contributed by atoms with E-state index >= 15 is 0 Å². The first-order chi connectivity index (χ1) is 11.0. The first-order valence-corrected chi connectivity index (χ1v) is 6.44. The number of allylic oxidation sites excluding steroid dienone is 3. The van der Waals surface area contributed by atoms with Crippen molar-refractivity contribution in [3.8, 4) is 0 Å². The second-order valence-electron chi connectivity index (χ2n) is 4.50. The Morgan fingerprint density at radius 2 is 1.78 bits per heavy atom. The number of hydrogen-bond donors (Lipinski definition) is 0. The van der Waals surface area contributed by atoms with Crippen LogP contribution in [0.3, 0.4) is 0 Å². The molecular weight excluding hydrogens is 300 g/mol. The predicted molar refractivity (Wildman–Crippen MR) is 80.8 cm³/mol. The second kappa shape index (κ2) is 6.95. The third-order valence-corrected chi connectivity index (χ3v) is 2.99. The van der Waals surface area contributed by atoms with Gasteiger partial charge in [-0.25, -0.2) is 0 Å². The summed E-state index contributed by atoms with van der Waals surface area (Å²) in [5.41, 5.74) is 17.9. The third kappa shape index (κ3) is 3.76. The number of nitrogens with zero attached hydrogens (tertiary/aromatic N) is 6. The lowest BCUT2D eigenvalue weighted by molar-refractivity contribution is -0.118. The number of carbonyl (C=O) groups excluding carboxylic acids is 2. The molecule has 0 aliphatic heterocycles. The molecule has 0 fully saturated rings. The van der Waals surface area contributed by atoms with Gasteiger partial charge in [-0.1, -0.05) is 22.4 Å². The fourth-order valence-corrected chi connectivity index (χ4v) is 1.89. The van der Waals surface area contributed by atoms with Gasteiger partial charge >= 0.3 is 0 Å². The number of ketones is 2. The van der Waals surface area contributed by atoms with Crippen molar-refractivity contribution < 1.29 is 14.3 Å². The lowest BCUT2D eigenvalue weighted by Gasteiger charge is -2.17. The number of azide groups is 2. The van der Waals surface area contributed by atoms with Crippen molar-refractivity contribution in [3.63, 3.8) is 0 Å². The molecule has 1 aliphatic carbocycles. The molecule has 9 nitrogen and oxygen atoms in total. The predicted octanol–water partition coefficient (Wildman–Crippen LogP) is 4.24. The van der Waals surface area contributed by atoms with Gasteiger partial charge in [0.2, 0.25) is 5.78 Å². The summed E-state index contributed by atoms with van der Waals surface area (Å²) in [5.74, 6) is -0.799. The summed E-state index contributed by atoms with van der Waals surface area (Å²) in [6.07, 6.45) is 2.83. The van der Waals surface area contributed by atoms with Crippen molar-refractivity contribution in [2.24, 2.45) is 10.2 Å². The minimum Gasteiger partial charge on any atom is -0.482 e. The molecule has 1 aliphatic rings. The number of carbonyl (C=O) groups is 2. The molecule has 0 saturated heterocycles. The zero-order valence-electron chi connectivity index (χ0n) is 11.9. The van der Waals surface area contributed by atoms with Gasteiger partial charge in [-0.15, -0.1) is 0 Å². The molecule has 1 aromatic rings. The summed E-state index contributed by atoms with van der Waals surface area (Å²) >= 11 is 0. The average molecular weight is 310 g/mol. The Kier molecular flexibility index (Phi) is 4.79. The van der Waals surface area contributed by atoms with Crippen LogP contribution in [0.2, 0.25) is 0 Å². The molecule has 1 aromatic carbocycles. The van der Waals surface area contributed by atoms with Crippen molar-refractivity contribution in [2.45, 2.75) is 13.0 Å². The van der Waals surface area contributed by atoms with Gasteiger partial charge in [-0.05, 0) is 41.8 Å². The Labute approximate surface area is 130 Å². The van der Waals surface area contributed by atoms with Crippen LogP contribution < -0.4 is 0 Å². The SMILES string of the molecule is CC(OC1=CC(=O)C=CC1=O)c1ccc(N=[N+]=[N-])c(N=[N+]=[N-])c1. The molecule has 1 atom stereocenters. The molecule has 0 amide bonds. The van der Waals surface area contributed by atoms with E-state index in [2.05, 4.69) is 20.1 Å². The summed E-state index contributed by atoms with van der Waals surface area (Å²) in [6.45, 7) is 1.67. The quantitative estimate of drug-likeness (QED) is 0.347. The molecule has 0 aromatic heterocycles. The largest absolute Gasteiger partial charge is 0.482 e. The van der Waals surface area contributed by atoms with Gasteiger partial charge in [0.1, 0.15) is 6.10 Å². The monoisotopic (exact) mass is 310 g/mol. The van der Waals surface area contributed by atoms with E-state index in [0.717, 1.165) is 18.2 Å². The van der Waals surface area contributed by atoms with Crippen molar-refractivity contribution >= 4 is 22.9 Å². The molecular formula is C14H10N6O3. The van der Waals surface area contributed by atoms with Crippen molar-refractivity contribution in [1.29, 1.82) is 0 Å². The van der Waals surface area contributed by atoms with Gasteiger partial charge in [0.15, 0.2) is 11.5 Å². The van der Waals surface area contributed by atoms with Gasteiger partial charge < -0.3 is 4.74 Å². The summed E-state index contributed by atoms with van der Waals surface area (Å²) in [5, 5.41) is 6.87. The molecule has 0 N–H and O–H groups in total. The Hall–Kier alpha value is -3.54. The fourth-order valence-electron chi connectivity index (χ4n) is 1.89. The number of rotatable bonds is 5. The van der Waals surface area contributed by atoms with Crippen LogP contribution in [0.4, 0.5) is 11.4 Å². The van der Waals surface area contributed by atoms with Crippen LogP contribution >= 0.6 is 0 Å². The van der Waals surface area contributed by atoms with Crippen molar-refractivity contribution in [1.82, 2.24) is 0 Å². The number of hydrogen-bond acceptors (Lipinski definition) is 5. The highest BCUT2D eigenvalue weighted by molar-refractivity contribution is 6.16. The van der Waals surface area contributed by atoms with Gasteiger partial charge in [0, 0.05) is 27.3 Å². The lowest BCUT2D eigenvalue weighted by atomic mass is 10.1. The normalized spacial score (nSPS) is 14.4. The maximum Gasteiger partial charge on any atom is 0.220 e. The fraction of sp³-hybridized carbons (Fsp3) is 0.143. The molecule has 114 valence electrons. The van der Waals surface area contributed by atoms with Gasteiger partial charge in [0.05, 0.1) is 0 Å². The topological polar surface area (TPSA) is 141 Å². The molecule has 0 heterocycles. The van der Waals surface area contributed by atoms with Crippen LogP contribution in [0, 0.1) is 0 Å². The second-order valence-corrected chi connectivity index (χ2v) is 4.50. The van der Waals surface area contributed by atoms with Crippen LogP contribution in [0.15, 0.2) is 52.4 Å². The minimum atomic E-state index is -0.586. The standard InChI is InChI=1S/C14H10N6O3/c1-8(23-14-7-10(21)3-5-13(14)22)9-2-4-11(17-19-15)12(6-9)18-20-16/h2-8H,1H3. The Morgan fingerprint density at radius 1 is 1.09 bits per heavy atom. The van der Waals surface area contributed by atoms with E-state index in [1.165, 1.54) is 12.1 Å². The van der Waals surface area contributed by atoms with E-state index in [1.54, 1.807) is 13.0 Å². The third-order valence-electron chi connectivity index (χ3n) is 2.99. The highest BCUT2D eigenvalue weighted by atomic mass is 16.5. The van der Waals surface area contributed by atoms with Crippen LogP contribution in [0.1, 0.15) is 18.6 Å². The van der Waals surface area contributed by atoms with Crippen LogP contribution in [-0.4, -0.2) is 11.6 Å². The van der Waals surface area contributed by atoms with E-state index in [9.17, 15) is 9.59 Å². The zero-order chi connectivity index (χ0) is 16.8. The summed E-state index contributed by atoms with van der Waals surface area (Å²) in [4.78, 5) is 28.3. The first kappa shape index (κ1) is 15.8. The highest BCUT2D eigenvalue weighted by Crippen LogP contribution is 2.33. The maximum atomic E-state index is 11.7. The molecule has 0 radical (unpaired) electrons. The van der Waals surface area contributed by atoms with Gasteiger partial charge in [-0.2, -0.15) is 0 Å². The summed E-state index contributed by atoms with van der Waals surface area (Å²) in [6, 6.07) is 4.57. The van der Waals surface area contributed by atoms with E-state index in [0.29, 0.717) is 5.56 Å². The smallest absolute Gasteiger partial charge is 0.220 e. The number of benzene rings is 1. The van der Waals surface area contributed by atoms with E-state index < -0.39 is 11.9 Å². The van der Waals surface area contributed by atoms with Gasteiger partial charge in [-0.3, -0.25) is 9.59 Å². The minimum absolute atomic E-state index is 0.0607. The zero-order valence-corrected chi connectivity index (χ0v) is 11.9. The summed E-state index contributed by atoms with van der Waals surface area (Å²) < 4.78 is 5.49. The van der Waals surface area contributed by atoms with Crippen molar-refractivity contribution in [2.75, 3.05) is 0 Å². The first-order valence-electron chi connectivity index (χ1n) is 6.44. The molecule has 23 heavy (non-hydrogen) atoms. The Bertz CT molecular complexity index is 829. The van der Waals surface area contributed by atoms with E-state index in [4.69, 9.17) is 15.8 Å². The van der Waals surface area contributed by atoms with E-state index in [-0.39, 0.29) is 22.9 Å². The molecule has 1 unspecified atom stereocenters. The molecule has 0 spiro atoms. The van der Waals surface area contributed by atoms with Crippen LogP contribution in [-0.2, 0) is 14.3 Å². The molecule has 9 heteroatoms. The molecule has 2 rings (SSSR count). The number of ether oxygens (including phenoxy) is 1. The molecule has 0 bridgehead atoms.